The molecule has 2 nitrogen and oxygen atoms in total. The Morgan fingerprint density at radius 2 is 1.93 bits per heavy atom. The van der Waals surface area contributed by atoms with Crippen molar-refractivity contribution in [2.45, 2.75) is 31.8 Å². The molecule has 0 saturated heterocycles. The van der Waals surface area contributed by atoms with Crippen LogP contribution >= 0.6 is 0 Å². The summed E-state index contributed by atoms with van der Waals surface area (Å²) in [7, 11) is 0. The average molecular weight is 204 g/mol. The summed E-state index contributed by atoms with van der Waals surface area (Å²) in [5.74, 6) is 0.0405. The molecule has 0 aliphatic heterocycles. The SMILES string of the molecule is O=C1CCCC[C@H]1[C@H](O)c1ccccc1. The third kappa shape index (κ3) is 2.26. The third-order valence-electron chi connectivity index (χ3n) is 3.12. The molecule has 1 saturated carbocycles. The molecule has 0 amide bonds. The van der Waals surface area contributed by atoms with Crippen LogP contribution in [0, 0.1) is 5.92 Å². The Morgan fingerprint density at radius 1 is 1.20 bits per heavy atom. The summed E-state index contributed by atoms with van der Waals surface area (Å²) in [6, 6.07) is 9.47. The van der Waals surface area contributed by atoms with E-state index in [1.807, 2.05) is 30.3 Å². The van der Waals surface area contributed by atoms with E-state index in [2.05, 4.69) is 0 Å². The number of Topliss-reactive ketones (excluding diaryl/α,β-unsaturated/α-hetero) is 1. The van der Waals surface area contributed by atoms with Crippen molar-refractivity contribution in [2.24, 2.45) is 5.92 Å². The highest BCUT2D eigenvalue weighted by atomic mass is 16.3. The van der Waals surface area contributed by atoms with Crippen molar-refractivity contribution in [2.75, 3.05) is 0 Å². The van der Waals surface area contributed by atoms with Crippen LogP contribution in [-0.2, 0) is 4.79 Å². The molecule has 15 heavy (non-hydrogen) atoms. The topological polar surface area (TPSA) is 37.3 Å². The highest BCUT2D eigenvalue weighted by Crippen LogP contribution is 2.31. The summed E-state index contributed by atoms with van der Waals surface area (Å²) in [5.41, 5.74) is 0.859. The van der Waals surface area contributed by atoms with Crippen molar-refractivity contribution >= 4 is 5.78 Å². The van der Waals surface area contributed by atoms with E-state index in [0.717, 1.165) is 24.8 Å². The lowest BCUT2D eigenvalue weighted by Gasteiger charge is -2.25. The van der Waals surface area contributed by atoms with Crippen molar-refractivity contribution in [3.05, 3.63) is 35.9 Å². The van der Waals surface area contributed by atoms with Crippen LogP contribution in [0.15, 0.2) is 30.3 Å². The van der Waals surface area contributed by atoms with Crippen molar-refractivity contribution in [3.8, 4) is 0 Å². The van der Waals surface area contributed by atoms with Crippen LogP contribution in [0.25, 0.3) is 0 Å². The molecule has 1 aliphatic rings. The molecule has 1 aliphatic carbocycles. The van der Waals surface area contributed by atoms with Crippen molar-refractivity contribution in [3.63, 3.8) is 0 Å². The fourth-order valence-electron chi connectivity index (χ4n) is 2.23. The van der Waals surface area contributed by atoms with E-state index < -0.39 is 6.10 Å². The Kier molecular flexibility index (Phi) is 3.17. The van der Waals surface area contributed by atoms with Gasteiger partial charge in [-0.1, -0.05) is 36.8 Å². The van der Waals surface area contributed by atoms with Crippen LogP contribution in [0.4, 0.5) is 0 Å². The minimum absolute atomic E-state index is 0.179. The van der Waals surface area contributed by atoms with Gasteiger partial charge in [0.25, 0.3) is 0 Å². The number of carbonyl (C=O) groups is 1. The largest absolute Gasteiger partial charge is 0.388 e. The van der Waals surface area contributed by atoms with Gasteiger partial charge < -0.3 is 5.11 Å². The number of hydrogen-bond acceptors (Lipinski definition) is 2. The highest BCUT2D eigenvalue weighted by molar-refractivity contribution is 5.82. The Balaban J connectivity index is 2.13. The van der Waals surface area contributed by atoms with Gasteiger partial charge in [0.05, 0.1) is 6.10 Å². The van der Waals surface area contributed by atoms with Crippen LogP contribution in [0.5, 0.6) is 0 Å². The van der Waals surface area contributed by atoms with Gasteiger partial charge in [-0.05, 0) is 18.4 Å². The Hall–Kier alpha value is -1.15. The molecule has 2 rings (SSSR count). The van der Waals surface area contributed by atoms with E-state index in [4.69, 9.17) is 0 Å². The molecule has 0 bridgehead atoms. The Bertz CT molecular complexity index is 332. The first-order valence-electron chi connectivity index (χ1n) is 5.55. The number of benzene rings is 1. The van der Waals surface area contributed by atoms with Crippen LogP contribution in [-0.4, -0.2) is 10.9 Å². The summed E-state index contributed by atoms with van der Waals surface area (Å²) in [5, 5.41) is 10.1. The van der Waals surface area contributed by atoms with Crippen molar-refractivity contribution in [1.29, 1.82) is 0 Å². The van der Waals surface area contributed by atoms with Gasteiger partial charge >= 0.3 is 0 Å². The normalized spacial score (nSPS) is 23.8. The van der Waals surface area contributed by atoms with Gasteiger partial charge in [-0.3, -0.25) is 4.79 Å². The maximum Gasteiger partial charge on any atom is 0.138 e. The lowest BCUT2D eigenvalue weighted by molar-refractivity contribution is -0.128. The molecule has 0 unspecified atom stereocenters. The lowest BCUT2D eigenvalue weighted by atomic mass is 9.82. The minimum atomic E-state index is -0.612. The smallest absolute Gasteiger partial charge is 0.138 e. The minimum Gasteiger partial charge on any atom is -0.388 e. The summed E-state index contributed by atoms with van der Waals surface area (Å²) in [6.45, 7) is 0. The van der Waals surface area contributed by atoms with Crippen molar-refractivity contribution < 1.29 is 9.90 Å². The van der Waals surface area contributed by atoms with E-state index >= 15 is 0 Å². The molecule has 80 valence electrons. The lowest BCUT2D eigenvalue weighted by Crippen LogP contribution is -2.25. The first kappa shape index (κ1) is 10.4. The number of carbonyl (C=O) groups excluding carboxylic acids is 1. The maximum atomic E-state index is 11.6. The van der Waals surface area contributed by atoms with Gasteiger partial charge in [0.1, 0.15) is 5.78 Å². The van der Waals surface area contributed by atoms with Crippen LogP contribution in [0.1, 0.15) is 37.4 Å². The fraction of sp³-hybridized carbons (Fsp3) is 0.462. The second-order valence-corrected chi connectivity index (χ2v) is 4.17. The molecule has 1 N–H and O–H groups in total. The standard InChI is InChI=1S/C13H16O2/c14-12-9-5-4-8-11(12)13(15)10-6-2-1-3-7-10/h1-3,6-7,11,13,15H,4-5,8-9H2/t11-,13-/m1/s1. The molecular weight excluding hydrogens is 188 g/mol. The van der Waals surface area contributed by atoms with E-state index in [-0.39, 0.29) is 11.7 Å². The third-order valence-corrected chi connectivity index (χ3v) is 3.12. The summed E-state index contributed by atoms with van der Waals surface area (Å²) in [4.78, 5) is 11.6. The number of ketones is 1. The predicted octanol–water partition coefficient (Wildman–Crippen LogP) is 2.48. The second-order valence-electron chi connectivity index (χ2n) is 4.17. The number of rotatable bonds is 2. The first-order chi connectivity index (χ1) is 7.29. The highest BCUT2D eigenvalue weighted by Gasteiger charge is 2.29. The number of aliphatic hydroxyl groups excluding tert-OH is 1. The molecule has 2 atom stereocenters. The van der Waals surface area contributed by atoms with Gasteiger partial charge in [0.2, 0.25) is 0 Å². The van der Waals surface area contributed by atoms with Gasteiger partial charge in [-0.2, -0.15) is 0 Å². The zero-order valence-electron chi connectivity index (χ0n) is 8.73. The van der Waals surface area contributed by atoms with Crippen LogP contribution in [0.2, 0.25) is 0 Å². The molecule has 0 radical (unpaired) electrons. The zero-order chi connectivity index (χ0) is 10.7. The molecule has 2 heteroatoms. The summed E-state index contributed by atoms with van der Waals surface area (Å²) >= 11 is 0. The fourth-order valence-corrected chi connectivity index (χ4v) is 2.23. The molecular formula is C13H16O2. The zero-order valence-corrected chi connectivity index (χ0v) is 8.73. The van der Waals surface area contributed by atoms with Crippen molar-refractivity contribution in [1.82, 2.24) is 0 Å². The Morgan fingerprint density at radius 3 is 2.60 bits per heavy atom. The van der Waals surface area contributed by atoms with E-state index in [0.29, 0.717) is 6.42 Å². The van der Waals surface area contributed by atoms with E-state index in [1.165, 1.54) is 0 Å². The maximum absolute atomic E-state index is 11.6. The van der Waals surface area contributed by atoms with Crippen LogP contribution < -0.4 is 0 Å². The molecule has 0 aromatic heterocycles. The quantitative estimate of drug-likeness (QED) is 0.803. The molecule has 0 spiro atoms. The van der Waals surface area contributed by atoms with Gasteiger partial charge in [0.15, 0.2) is 0 Å². The van der Waals surface area contributed by atoms with Crippen LogP contribution in [0.3, 0.4) is 0 Å². The van der Waals surface area contributed by atoms with E-state index in [9.17, 15) is 9.90 Å². The average Bonchev–Trinajstić information content (AvgIpc) is 2.30. The van der Waals surface area contributed by atoms with Gasteiger partial charge in [0, 0.05) is 12.3 Å². The first-order valence-corrected chi connectivity index (χ1v) is 5.55. The van der Waals surface area contributed by atoms with E-state index in [1.54, 1.807) is 0 Å². The summed E-state index contributed by atoms with van der Waals surface area (Å²) < 4.78 is 0. The second kappa shape index (κ2) is 4.58. The van der Waals surface area contributed by atoms with Gasteiger partial charge in [-0.25, -0.2) is 0 Å². The number of hydrogen-bond donors (Lipinski definition) is 1. The molecule has 1 aromatic rings. The Labute approximate surface area is 89.9 Å². The monoisotopic (exact) mass is 204 g/mol. The van der Waals surface area contributed by atoms with Gasteiger partial charge in [-0.15, -0.1) is 0 Å². The molecule has 1 fully saturated rings. The predicted molar refractivity (Wildman–Crippen MR) is 58.4 cm³/mol. The summed E-state index contributed by atoms with van der Waals surface area (Å²) in [6.07, 6.45) is 2.89. The number of aliphatic hydroxyl groups is 1. The molecule has 1 aromatic carbocycles. The molecule has 0 heterocycles.